The van der Waals surface area contributed by atoms with Crippen molar-refractivity contribution >= 4 is 23.7 Å². The molecular formula is C14H18N2O5. The van der Waals surface area contributed by atoms with Crippen LogP contribution in [0.25, 0.3) is 0 Å². The maximum absolute atomic E-state index is 11.8. The number of anilines is 1. The molecule has 7 nitrogen and oxygen atoms in total. The van der Waals surface area contributed by atoms with Crippen LogP contribution >= 0.6 is 0 Å². The SMILES string of the molecule is CCCc1ccccc1NC(=O)N[C@H](CC(=O)O)C(=O)O. The molecule has 0 fully saturated rings. The summed E-state index contributed by atoms with van der Waals surface area (Å²) in [7, 11) is 0. The summed E-state index contributed by atoms with van der Waals surface area (Å²) < 4.78 is 0. The lowest BCUT2D eigenvalue weighted by Crippen LogP contribution is -2.44. The minimum Gasteiger partial charge on any atom is -0.481 e. The Hall–Kier alpha value is -2.57. The van der Waals surface area contributed by atoms with E-state index in [1.165, 1.54) is 0 Å². The Bertz CT molecular complexity index is 530. The smallest absolute Gasteiger partial charge is 0.326 e. The second-order valence-corrected chi connectivity index (χ2v) is 4.49. The summed E-state index contributed by atoms with van der Waals surface area (Å²) in [5.41, 5.74) is 1.51. The van der Waals surface area contributed by atoms with Crippen LogP contribution in [0.3, 0.4) is 0 Å². The van der Waals surface area contributed by atoms with Crippen LogP contribution in [0.5, 0.6) is 0 Å². The number of carboxylic acids is 2. The summed E-state index contributed by atoms with van der Waals surface area (Å²) in [6.07, 6.45) is 0.990. The van der Waals surface area contributed by atoms with Crippen LogP contribution in [0, 0.1) is 0 Å². The molecule has 1 rings (SSSR count). The lowest BCUT2D eigenvalue weighted by atomic mass is 10.1. The van der Waals surface area contributed by atoms with Gasteiger partial charge < -0.3 is 20.8 Å². The number of rotatable bonds is 7. The molecule has 0 saturated carbocycles. The van der Waals surface area contributed by atoms with Crippen LogP contribution in [0.15, 0.2) is 24.3 Å². The van der Waals surface area contributed by atoms with Crippen LogP contribution in [0.4, 0.5) is 10.5 Å². The number of urea groups is 1. The number of nitrogens with one attached hydrogen (secondary N) is 2. The molecule has 1 aromatic carbocycles. The molecule has 4 N–H and O–H groups in total. The van der Waals surface area contributed by atoms with E-state index in [0.29, 0.717) is 5.69 Å². The monoisotopic (exact) mass is 294 g/mol. The minimum atomic E-state index is -1.47. The summed E-state index contributed by atoms with van der Waals surface area (Å²) in [5, 5.41) is 22.2. The van der Waals surface area contributed by atoms with E-state index < -0.39 is 30.4 Å². The molecule has 0 aromatic heterocycles. The normalized spacial score (nSPS) is 11.5. The number of aryl methyl sites for hydroxylation is 1. The maximum atomic E-state index is 11.8. The zero-order valence-corrected chi connectivity index (χ0v) is 11.6. The molecule has 0 unspecified atom stereocenters. The van der Waals surface area contributed by atoms with E-state index in [1.807, 2.05) is 19.1 Å². The predicted octanol–water partition coefficient (Wildman–Crippen LogP) is 1.69. The number of carbonyl (C=O) groups excluding carboxylic acids is 1. The Morgan fingerprint density at radius 3 is 2.43 bits per heavy atom. The van der Waals surface area contributed by atoms with Crippen molar-refractivity contribution in [1.82, 2.24) is 5.32 Å². The molecule has 0 saturated heterocycles. The fraction of sp³-hybridized carbons (Fsp3) is 0.357. The summed E-state index contributed by atoms with van der Waals surface area (Å²) in [6, 6.07) is 4.95. The maximum Gasteiger partial charge on any atom is 0.326 e. The largest absolute Gasteiger partial charge is 0.481 e. The third-order valence-electron chi connectivity index (χ3n) is 2.77. The van der Waals surface area contributed by atoms with Gasteiger partial charge in [-0.15, -0.1) is 0 Å². The second-order valence-electron chi connectivity index (χ2n) is 4.49. The van der Waals surface area contributed by atoms with Crippen molar-refractivity contribution in [2.75, 3.05) is 5.32 Å². The van der Waals surface area contributed by atoms with Crippen molar-refractivity contribution in [2.24, 2.45) is 0 Å². The third kappa shape index (κ3) is 5.52. The van der Waals surface area contributed by atoms with Crippen LogP contribution < -0.4 is 10.6 Å². The summed E-state index contributed by atoms with van der Waals surface area (Å²) >= 11 is 0. The number of hydrogen-bond donors (Lipinski definition) is 4. The number of carbonyl (C=O) groups is 3. The lowest BCUT2D eigenvalue weighted by molar-refractivity contribution is -0.145. The highest BCUT2D eigenvalue weighted by Gasteiger charge is 2.23. The van der Waals surface area contributed by atoms with E-state index >= 15 is 0 Å². The van der Waals surface area contributed by atoms with Gasteiger partial charge in [-0.2, -0.15) is 0 Å². The van der Waals surface area contributed by atoms with Crippen LogP contribution in [-0.2, 0) is 16.0 Å². The van der Waals surface area contributed by atoms with Gasteiger partial charge in [-0.1, -0.05) is 31.5 Å². The van der Waals surface area contributed by atoms with Gasteiger partial charge in [0, 0.05) is 5.69 Å². The van der Waals surface area contributed by atoms with Crippen LogP contribution in [0.1, 0.15) is 25.3 Å². The number of carboxylic acid groups (broad SMARTS) is 2. The quantitative estimate of drug-likeness (QED) is 0.610. The van der Waals surface area contributed by atoms with E-state index in [-0.39, 0.29) is 0 Å². The number of hydrogen-bond acceptors (Lipinski definition) is 3. The van der Waals surface area contributed by atoms with Gasteiger partial charge in [0.2, 0.25) is 0 Å². The molecule has 1 atom stereocenters. The average molecular weight is 294 g/mol. The van der Waals surface area contributed by atoms with Crippen molar-refractivity contribution in [3.05, 3.63) is 29.8 Å². The van der Waals surface area contributed by atoms with E-state index in [4.69, 9.17) is 10.2 Å². The molecule has 0 radical (unpaired) electrons. The molecule has 0 bridgehead atoms. The van der Waals surface area contributed by atoms with Crippen LogP contribution in [-0.4, -0.2) is 34.2 Å². The molecule has 21 heavy (non-hydrogen) atoms. The fourth-order valence-electron chi connectivity index (χ4n) is 1.82. The van der Waals surface area contributed by atoms with Crippen molar-refractivity contribution < 1.29 is 24.6 Å². The van der Waals surface area contributed by atoms with Gasteiger partial charge >= 0.3 is 18.0 Å². The zero-order chi connectivity index (χ0) is 15.8. The first-order valence-corrected chi connectivity index (χ1v) is 6.54. The van der Waals surface area contributed by atoms with Gasteiger partial charge in [-0.05, 0) is 18.1 Å². The van der Waals surface area contributed by atoms with Gasteiger partial charge in [0.15, 0.2) is 0 Å². The first-order chi connectivity index (χ1) is 9.93. The van der Waals surface area contributed by atoms with Crippen molar-refractivity contribution in [2.45, 2.75) is 32.2 Å². The highest BCUT2D eigenvalue weighted by atomic mass is 16.4. The molecule has 0 aliphatic carbocycles. The van der Waals surface area contributed by atoms with Gasteiger partial charge in [0.25, 0.3) is 0 Å². The first kappa shape index (κ1) is 16.5. The van der Waals surface area contributed by atoms with E-state index in [2.05, 4.69) is 10.6 Å². The Morgan fingerprint density at radius 1 is 1.19 bits per heavy atom. The van der Waals surface area contributed by atoms with Gasteiger partial charge in [-0.3, -0.25) is 4.79 Å². The Kier molecular flexibility index (Phi) is 6.19. The standard InChI is InChI=1S/C14H18N2O5/c1-2-5-9-6-3-4-7-10(9)15-14(21)16-11(13(19)20)8-12(17)18/h3-4,6-7,11H,2,5,8H2,1H3,(H,17,18)(H,19,20)(H2,15,16,21)/t11-/m1/s1. The molecule has 1 aromatic rings. The lowest BCUT2D eigenvalue weighted by Gasteiger charge is -2.15. The summed E-state index contributed by atoms with van der Waals surface area (Å²) in [6.45, 7) is 2.00. The number of aliphatic carboxylic acids is 2. The van der Waals surface area contributed by atoms with Gasteiger partial charge in [-0.25, -0.2) is 9.59 Å². The fourth-order valence-corrected chi connectivity index (χ4v) is 1.82. The Morgan fingerprint density at radius 2 is 1.86 bits per heavy atom. The van der Waals surface area contributed by atoms with Gasteiger partial charge in [0.05, 0.1) is 6.42 Å². The third-order valence-corrected chi connectivity index (χ3v) is 2.77. The average Bonchev–Trinajstić information content (AvgIpc) is 2.40. The zero-order valence-electron chi connectivity index (χ0n) is 11.6. The first-order valence-electron chi connectivity index (χ1n) is 6.54. The van der Waals surface area contributed by atoms with E-state index in [0.717, 1.165) is 18.4 Å². The van der Waals surface area contributed by atoms with Crippen molar-refractivity contribution in [3.8, 4) is 0 Å². The number of benzene rings is 1. The van der Waals surface area contributed by atoms with Crippen molar-refractivity contribution in [1.29, 1.82) is 0 Å². The predicted molar refractivity (Wildman–Crippen MR) is 76.3 cm³/mol. The van der Waals surface area contributed by atoms with E-state index in [1.54, 1.807) is 12.1 Å². The number of amides is 2. The summed E-state index contributed by atoms with van der Waals surface area (Å²) in [5.74, 6) is -2.69. The second kappa shape index (κ2) is 7.88. The molecule has 7 heteroatoms. The topological polar surface area (TPSA) is 116 Å². The highest BCUT2D eigenvalue weighted by Crippen LogP contribution is 2.16. The molecule has 114 valence electrons. The Balaban J connectivity index is 2.72. The van der Waals surface area contributed by atoms with Crippen LogP contribution in [0.2, 0.25) is 0 Å². The molecule has 0 aliphatic heterocycles. The number of para-hydroxylation sites is 1. The molecular weight excluding hydrogens is 276 g/mol. The van der Waals surface area contributed by atoms with Gasteiger partial charge in [0.1, 0.15) is 6.04 Å². The minimum absolute atomic E-state index is 0.580. The molecule has 0 aliphatic rings. The highest BCUT2D eigenvalue weighted by molar-refractivity contribution is 5.93. The van der Waals surface area contributed by atoms with Crippen molar-refractivity contribution in [3.63, 3.8) is 0 Å². The molecule has 0 spiro atoms. The summed E-state index contributed by atoms with van der Waals surface area (Å²) in [4.78, 5) is 33.2. The molecule has 0 heterocycles. The molecule has 2 amide bonds. The Labute approximate surface area is 122 Å². The van der Waals surface area contributed by atoms with E-state index in [9.17, 15) is 14.4 Å².